The van der Waals surface area contributed by atoms with Gasteiger partial charge in [0, 0.05) is 17.8 Å². The number of likely N-dealkylation sites (tertiary alicyclic amines) is 1. The number of likely N-dealkylation sites (N-methyl/N-ethyl adjacent to an activating group) is 1. The van der Waals surface area contributed by atoms with Crippen LogP contribution in [0.4, 0.5) is 0 Å². The molecule has 0 spiro atoms. The van der Waals surface area contributed by atoms with Crippen molar-refractivity contribution in [3.8, 4) is 0 Å². The van der Waals surface area contributed by atoms with Crippen LogP contribution in [0, 0.1) is 0 Å². The maximum absolute atomic E-state index is 4.84. The standard InChI is InChI=1S/C14H25N3S/c1-3-17-9-5-6-12(10-17)14-16-13(11-18-14)7-4-8-15-2/h11-12,15H,3-10H2,1-2H3. The Morgan fingerprint density at radius 2 is 2.44 bits per heavy atom. The zero-order chi connectivity index (χ0) is 12.8. The summed E-state index contributed by atoms with van der Waals surface area (Å²) in [5.41, 5.74) is 1.29. The van der Waals surface area contributed by atoms with E-state index in [0.717, 1.165) is 13.0 Å². The number of nitrogens with zero attached hydrogens (tertiary/aromatic N) is 2. The summed E-state index contributed by atoms with van der Waals surface area (Å²) in [4.78, 5) is 7.39. The monoisotopic (exact) mass is 267 g/mol. The molecule has 0 bridgehead atoms. The molecule has 1 N–H and O–H groups in total. The maximum atomic E-state index is 4.84. The molecule has 0 aromatic carbocycles. The molecule has 2 heterocycles. The second-order valence-corrected chi connectivity index (χ2v) is 6.01. The van der Waals surface area contributed by atoms with Crippen molar-refractivity contribution in [1.29, 1.82) is 0 Å². The first-order valence-corrected chi connectivity index (χ1v) is 8.02. The topological polar surface area (TPSA) is 28.2 Å². The van der Waals surface area contributed by atoms with Gasteiger partial charge < -0.3 is 10.2 Å². The quantitative estimate of drug-likeness (QED) is 0.803. The maximum Gasteiger partial charge on any atom is 0.0972 e. The van der Waals surface area contributed by atoms with Crippen molar-refractivity contribution >= 4 is 11.3 Å². The minimum atomic E-state index is 0.682. The molecule has 1 fully saturated rings. The first-order valence-electron chi connectivity index (χ1n) is 7.14. The smallest absolute Gasteiger partial charge is 0.0972 e. The van der Waals surface area contributed by atoms with Gasteiger partial charge in [-0.25, -0.2) is 4.98 Å². The lowest BCUT2D eigenvalue weighted by atomic mass is 9.99. The highest BCUT2D eigenvalue weighted by Gasteiger charge is 2.22. The summed E-state index contributed by atoms with van der Waals surface area (Å²) in [6, 6.07) is 0. The number of thiazole rings is 1. The molecule has 0 radical (unpaired) electrons. The molecule has 0 saturated carbocycles. The normalized spacial score (nSPS) is 21.3. The Morgan fingerprint density at radius 3 is 3.22 bits per heavy atom. The van der Waals surface area contributed by atoms with Crippen molar-refractivity contribution in [3.05, 3.63) is 16.1 Å². The van der Waals surface area contributed by atoms with Crippen LogP contribution in [0.25, 0.3) is 0 Å². The van der Waals surface area contributed by atoms with Crippen LogP contribution in [-0.2, 0) is 6.42 Å². The van der Waals surface area contributed by atoms with Crippen molar-refractivity contribution in [2.24, 2.45) is 0 Å². The molecular weight excluding hydrogens is 242 g/mol. The molecule has 0 aliphatic carbocycles. The van der Waals surface area contributed by atoms with E-state index in [4.69, 9.17) is 4.98 Å². The Hall–Kier alpha value is -0.450. The number of nitrogens with one attached hydrogen (secondary N) is 1. The van der Waals surface area contributed by atoms with E-state index in [0.29, 0.717) is 5.92 Å². The Balaban J connectivity index is 1.88. The van der Waals surface area contributed by atoms with Gasteiger partial charge in [-0.2, -0.15) is 0 Å². The van der Waals surface area contributed by atoms with E-state index in [2.05, 4.69) is 22.5 Å². The number of hydrogen-bond donors (Lipinski definition) is 1. The third kappa shape index (κ3) is 3.77. The summed E-state index contributed by atoms with van der Waals surface area (Å²) < 4.78 is 0. The zero-order valence-electron chi connectivity index (χ0n) is 11.6. The fourth-order valence-electron chi connectivity index (χ4n) is 2.62. The van der Waals surface area contributed by atoms with E-state index in [1.165, 1.54) is 49.6 Å². The number of rotatable bonds is 6. The van der Waals surface area contributed by atoms with Crippen molar-refractivity contribution in [1.82, 2.24) is 15.2 Å². The van der Waals surface area contributed by atoms with Gasteiger partial charge in [0.15, 0.2) is 0 Å². The van der Waals surface area contributed by atoms with Gasteiger partial charge in [0.05, 0.1) is 10.7 Å². The first kappa shape index (κ1) is 14.0. The van der Waals surface area contributed by atoms with E-state index in [1.54, 1.807) is 0 Å². The largest absolute Gasteiger partial charge is 0.320 e. The van der Waals surface area contributed by atoms with E-state index >= 15 is 0 Å². The second-order valence-electron chi connectivity index (χ2n) is 5.12. The van der Waals surface area contributed by atoms with Gasteiger partial charge >= 0.3 is 0 Å². The lowest BCUT2D eigenvalue weighted by Gasteiger charge is -2.30. The van der Waals surface area contributed by atoms with E-state index in [9.17, 15) is 0 Å². The fraction of sp³-hybridized carbons (Fsp3) is 0.786. The minimum Gasteiger partial charge on any atom is -0.320 e. The molecule has 1 unspecified atom stereocenters. The highest BCUT2D eigenvalue weighted by Crippen LogP contribution is 2.29. The third-order valence-electron chi connectivity index (χ3n) is 3.73. The van der Waals surface area contributed by atoms with Crippen LogP contribution in [0.3, 0.4) is 0 Å². The molecule has 2 rings (SSSR count). The van der Waals surface area contributed by atoms with Crippen LogP contribution < -0.4 is 5.32 Å². The van der Waals surface area contributed by atoms with Crippen molar-refractivity contribution in [3.63, 3.8) is 0 Å². The van der Waals surface area contributed by atoms with Gasteiger partial charge in [-0.3, -0.25) is 0 Å². The predicted molar refractivity (Wildman–Crippen MR) is 78.5 cm³/mol. The van der Waals surface area contributed by atoms with Crippen molar-refractivity contribution in [2.45, 2.75) is 38.5 Å². The molecule has 3 nitrogen and oxygen atoms in total. The zero-order valence-corrected chi connectivity index (χ0v) is 12.4. The number of aromatic nitrogens is 1. The third-order valence-corrected chi connectivity index (χ3v) is 4.79. The molecule has 1 atom stereocenters. The Kier molecular flexibility index (Phi) is 5.60. The number of aryl methyl sites for hydroxylation is 1. The average molecular weight is 267 g/mol. The van der Waals surface area contributed by atoms with E-state index < -0.39 is 0 Å². The van der Waals surface area contributed by atoms with Crippen LogP contribution in [0.2, 0.25) is 0 Å². The summed E-state index contributed by atoms with van der Waals surface area (Å²) >= 11 is 1.87. The molecule has 1 saturated heterocycles. The summed E-state index contributed by atoms with van der Waals surface area (Å²) in [6.45, 7) is 7.00. The molecule has 1 aromatic heterocycles. The van der Waals surface area contributed by atoms with Gasteiger partial charge in [0.25, 0.3) is 0 Å². The molecule has 1 aliphatic heterocycles. The van der Waals surface area contributed by atoms with Crippen molar-refractivity contribution < 1.29 is 0 Å². The van der Waals surface area contributed by atoms with Crippen molar-refractivity contribution in [2.75, 3.05) is 33.2 Å². The lowest BCUT2D eigenvalue weighted by Crippen LogP contribution is -2.34. The van der Waals surface area contributed by atoms with Crippen LogP contribution >= 0.6 is 11.3 Å². The van der Waals surface area contributed by atoms with Gasteiger partial charge in [0.1, 0.15) is 0 Å². The molecule has 18 heavy (non-hydrogen) atoms. The summed E-state index contributed by atoms with van der Waals surface area (Å²) in [5.74, 6) is 0.682. The highest BCUT2D eigenvalue weighted by atomic mass is 32.1. The second kappa shape index (κ2) is 7.22. The Bertz CT molecular complexity index is 351. The minimum absolute atomic E-state index is 0.682. The molecule has 0 amide bonds. The van der Waals surface area contributed by atoms with Crippen LogP contribution in [0.15, 0.2) is 5.38 Å². The van der Waals surface area contributed by atoms with E-state index in [1.807, 2.05) is 18.4 Å². The molecular formula is C14H25N3S. The van der Waals surface area contributed by atoms with Crippen LogP contribution in [0.5, 0.6) is 0 Å². The summed E-state index contributed by atoms with van der Waals surface area (Å²) in [6.07, 6.45) is 4.94. The summed E-state index contributed by atoms with van der Waals surface area (Å²) in [5, 5.41) is 6.82. The number of hydrogen-bond acceptors (Lipinski definition) is 4. The van der Waals surface area contributed by atoms with Crippen LogP contribution in [-0.4, -0.2) is 43.1 Å². The van der Waals surface area contributed by atoms with Gasteiger partial charge in [-0.1, -0.05) is 6.92 Å². The average Bonchev–Trinajstić information content (AvgIpc) is 2.88. The predicted octanol–water partition coefficient (Wildman–Crippen LogP) is 2.49. The molecule has 1 aliphatic rings. The van der Waals surface area contributed by atoms with Gasteiger partial charge in [0.2, 0.25) is 0 Å². The SMILES string of the molecule is CCN1CCCC(c2nc(CCCNC)cs2)C1. The van der Waals surface area contributed by atoms with E-state index in [-0.39, 0.29) is 0 Å². The van der Waals surface area contributed by atoms with Crippen LogP contribution in [0.1, 0.15) is 42.8 Å². The highest BCUT2D eigenvalue weighted by molar-refractivity contribution is 7.09. The van der Waals surface area contributed by atoms with Gasteiger partial charge in [-0.15, -0.1) is 11.3 Å². The fourth-order valence-corrected chi connectivity index (χ4v) is 3.60. The Morgan fingerprint density at radius 1 is 1.56 bits per heavy atom. The Labute approximate surface area is 115 Å². The summed E-state index contributed by atoms with van der Waals surface area (Å²) in [7, 11) is 2.01. The lowest BCUT2D eigenvalue weighted by molar-refractivity contribution is 0.217. The molecule has 1 aromatic rings. The molecule has 102 valence electrons. The molecule has 4 heteroatoms. The number of piperidine rings is 1. The first-order chi connectivity index (χ1) is 8.83. The van der Waals surface area contributed by atoms with Gasteiger partial charge in [-0.05, 0) is 52.4 Å².